The monoisotopic (exact) mass is 345 g/mol. The molecule has 128 valence electrons. The minimum Gasteiger partial charge on any atom is -0.381 e. The summed E-state index contributed by atoms with van der Waals surface area (Å²) in [5, 5.41) is 7.21. The highest BCUT2D eigenvalue weighted by Gasteiger charge is 2.35. The molecule has 6 heteroatoms. The van der Waals surface area contributed by atoms with Gasteiger partial charge in [0.05, 0.1) is 5.69 Å². The molecule has 0 bridgehead atoms. The van der Waals surface area contributed by atoms with Gasteiger partial charge < -0.3 is 10.1 Å². The van der Waals surface area contributed by atoms with E-state index in [-0.39, 0.29) is 11.3 Å². The van der Waals surface area contributed by atoms with Crippen molar-refractivity contribution in [2.45, 2.75) is 38.0 Å². The number of carbonyl (C=O) groups excluding carboxylic acids is 1. The topological polar surface area (TPSA) is 64.1 Å². The van der Waals surface area contributed by atoms with Gasteiger partial charge in [0.2, 0.25) is 0 Å². The maximum atomic E-state index is 12.6. The van der Waals surface area contributed by atoms with Crippen LogP contribution in [0.1, 0.15) is 47.1 Å². The van der Waals surface area contributed by atoms with E-state index in [1.807, 2.05) is 6.07 Å². The molecule has 0 spiro atoms. The number of ether oxygens (including phenoxy) is 1. The Morgan fingerprint density at radius 3 is 2.75 bits per heavy atom. The largest absolute Gasteiger partial charge is 0.381 e. The van der Waals surface area contributed by atoms with Gasteiger partial charge in [0.15, 0.2) is 0 Å². The van der Waals surface area contributed by atoms with Crippen LogP contribution in [0.25, 0.3) is 0 Å². The minimum absolute atomic E-state index is 0.0573. The number of aromatic nitrogens is 2. The first-order chi connectivity index (χ1) is 11.7. The Balaban J connectivity index is 1.74. The van der Waals surface area contributed by atoms with Crippen molar-refractivity contribution in [3.8, 4) is 0 Å². The second-order valence-electron chi connectivity index (χ2n) is 6.24. The van der Waals surface area contributed by atoms with Crippen molar-refractivity contribution in [2.75, 3.05) is 19.8 Å². The fraction of sp³-hybridized carbons (Fsp3) is 0.500. The molecule has 2 aromatic rings. The van der Waals surface area contributed by atoms with Crippen LogP contribution in [0.15, 0.2) is 30.3 Å². The van der Waals surface area contributed by atoms with Gasteiger partial charge in [0, 0.05) is 25.2 Å². The summed E-state index contributed by atoms with van der Waals surface area (Å²) in [5.41, 5.74) is 2.02. The second kappa shape index (κ2) is 7.85. The maximum Gasteiger partial charge on any atom is 0.264 e. The van der Waals surface area contributed by atoms with E-state index in [2.05, 4.69) is 46.1 Å². The minimum atomic E-state index is -0.0600. The number of aryl methyl sites for hydroxylation is 1. The van der Waals surface area contributed by atoms with Crippen LogP contribution in [0.2, 0.25) is 0 Å². The van der Waals surface area contributed by atoms with Gasteiger partial charge in [-0.05, 0) is 36.4 Å². The van der Waals surface area contributed by atoms with Crippen molar-refractivity contribution < 1.29 is 9.53 Å². The molecule has 1 aliphatic rings. The highest BCUT2D eigenvalue weighted by atomic mass is 32.1. The molecular weight excluding hydrogens is 322 g/mol. The van der Waals surface area contributed by atoms with Crippen molar-refractivity contribution >= 4 is 17.4 Å². The molecule has 1 aromatic carbocycles. The molecule has 0 saturated carbocycles. The highest BCUT2D eigenvalue weighted by Crippen LogP contribution is 2.34. The molecule has 0 atom stereocenters. The zero-order valence-corrected chi connectivity index (χ0v) is 14.8. The first-order valence-corrected chi connectivity index (χ1v) is 9.25. The highest BCUT2D eigenvalue weighted by molar-refractivity contribution is 7.08. The Morgan fingerprint density at radius 1 is 1.29 bits per heavy atom. The summed E-state index contributed by atoms with van der Waals surface area (Å²) in [5.74, 6) is -0.0600. The third-order valence-electron chi connectivity index (χ3n) is 4.67. The molecule has 1 amide bonds. The van der Waals surface area contributed by atoms with E-state index in [1.54, 1.807) is 0 Å². The molecule has 5 nitrogen and oxygen atoms in total. The van der Waals surface area contributed by atoms with Crippen LogP contribution in [-0.4, -0.2) is 35.3 Å². The van der Waals surface area contributed by atoms with Gasteiger partial charge in [-0.25, -0.2) is 0 Å². The zero-order chi connectivity index (χ0) is 16.8. The summed E-state index contributed by atoms with van der Waals surface area (Å²) in [6.07, 6.45) is 3.58. The van der Waals surface area contributed by atoms with Crippen LogP contribution in [0.4, 0.5) is 0 Å². The van der Waals surface area contributed by atoms with Gasteiger partial charge in [-0.2, -0.15) is 0 Å². The van der Waals surface area contributed by atoms with Crippen LogP contribution in [0.3, 0.4) is 0 Å². The van der Waals surface area contributed by atoms with Crippen LogP contribution >= 0.6 is 11.5 Å². The normalized spacial score (nSPS) is 16.7. The number of hydrogen-bond donors (Lipinski definition) is 1. The lowest BCUT2D eigenvalue weighted by Gasteiger charge is -2.37. The number of rotatable bonds is 6. The number of nitrogens with one attached hydrogen (secondary N) is 1. The van der Waals surface area contributed by atoms with Crippen molar-refractivity contribution in [1.82, 2.24) is 14.9 Å². The van der Waals surface area contributed by atoms with E-state index in [9.17, 15) is 4.79 Å². The van der Waals surface area contributed by atoms with E-state index < -0.39 is 0 Å². The fourth-order valence-electron chi connectivity index (χ4n) is 3.23. The maximum absolute atomic E-state index is 12.6. The standard InChI is InChI=1S/C18H23N3O2S/c1-2-6-15-16(24-21-20-15)17(22)19-13-18(9-11-23-12-10-18)14-7-4-3-5-8-14/h3-5,7-8H,2,6,9-13H2,1H3,(H,19,22). The predicted molar refractivity (Wildman–Crippen MR) is 94.4 cm³/mol. The van der Waals surface area contributed by atoms with Crippen LogP contribution < -0.4 is 5.32 Å². The SMILES string of the molecule is CCCc1nnsc1C(=O)NCC1(c2ccccc2)CCOCC1. The summed E-state index contributed by atoms with van der Waals surface area (Å²) < 4.78 is 9.49. The Hall–Kier alpha value is -1.79. The van der Waals surface area contributed by atoms with Gasteiger partial charge >= 0.3 is 0 Å². The third kappa shape index (κ3) is 3.65. The molecular formula is C18H23N3O2S. The number of benzene rings is 1. The Bertz CT molecular complexity index is 666. The van der Waals surface area contributed by atoms with Gasteiger partial charge in [0.1, 0.15) is 4.88 Å². The van der Waals surface area contributed by atoms with E-state index >= 15 is 0 Å². The lowest BCUT2D eigenvalue weighted by atomic mass is 9.74. The Morgan fingerprint density at radius 2 is 2.04 bits per heavy atom. The summed E-state index contributed by atoms with van der Waals surface area (Å²) in [7, 11) is 0. The van der Waals surface area contributed by atoms with Crippen molar-refractivity contribution in [1.29, 1.82) is 0 Å². The van der Waals surface area contributed by atoms with Gasteiger partial charge in [0.25, 0.3) is 5.91 Å². The molecule has 1 N–H and O–H groups in total. The van der Waals surface area contributed by atoms with Crippen molar-refractivity contribution in [2.24, 2.45) is 0 Å². The number of carbonyl (C=O) groups is 1. The van der Waals surface area contributed by atoms with Gasteiger partial charge in [-0.15, -0.1) is 5.10 Å². The Kier molecular flexibility index (Phi) is 5.58. The first-order valence-electron chi connectivity index (χ1n) is 8.48. The summed E-state index contributed by atoms with van der Waals surface area (Å²) >= 11 is 1.18. The lowest BCUT2D eigenvalue weighted by Crippen LogP contribution is -2.44. The molecule has 24 heavy (non-hydrogen) atoms. The van der Waals surface area contributed by atoms with E-state index in [4.69, 9.17) is 4.74 Å². The van der Waals surface area contributed by atoms with Crippen LogP contribution in [0.5, 0.6) is 0 Å². The quantitative estimate of drug-likeness (QED) is 0.874. The molecule has 0 aliphatic carbocycles. The molecule has 0 unspecified atom stereocenters. The molecule has 3 rings (SSSR count). The van der Waals surface area contributed by atoms with Crippen molar-refractivity contribution in [3.63, 3.8) is 0 Å². The third-order valence-corrected chi connectivity index (χ3v) is 5.44. The number of hydrogen-bond acceptors (Lipinski definition) is 5. The number of amides is 1. The summed E-state index contributed by atoms with van der Waals surface area (Å²) in [4.78, 5) is 13.3. The van der Waals surface area contributed by atoms with Gasteiger partial charge in [-0.1, -0.05) is 48.2 Å². The second-order valence-corrected chi connectivity index (χ2v) is 6.99. The smallest absolute Gasteiger partial charge is 0.264 e. The molecule has 1 saturated heterocycles. The van der Waals surface area contributed by atoms with E-state index in [1.165, 1.54) is 17.1 Å². The fourth-order valence-corrected chi connectivity index (χ4v) is 3.86. The molecule has 0 radical (unpaired) electrons. The molecule has 1 aliphatic heterocycles. The zero-order valence-electron chi connectivity index (χ0n) is 14.0. The average molecular weight is 345 g/mol. The predicted octanol–water partition coefficient (Wildman–Crippen LogP) is 2.97. The molecule has 2 heterocycles. The average Bonchev–Trinajstić information content (AvgIpc) is 3.10. The van der Waals surface area contributed by atoms with Crippen molar-refractivity contribution in [3.05, 3.63) is 46.5 Å². The Labute approximate surface area is 146 Å². The lowest BCUT2D eigenvalue weighted by molar-refractivity contribution is 0.0487. The molecule has 1 fully saturated rings. The van der Waals surface area contributed by atoms with Crippen LogP contribution in [0, 0.1) is 0 Å². The van der Waals surface area contributed by atoms with E-state index in [0.29, 0.717) is 11.4 Å². The number of nitrogens with zero attached hydrogens (tertiary/aromatic N) is 2. The summed E-state index contributed by atoms with van der Waals surface area (Å²) in [6.45, 7) is 4.15. The summed E-state index contributed by atoms with van der Waals surface area (Å²) in [6, 6.07) is 10.4. The molecule has 1 aromatic heterocycles. The van der Waals surface area contributed by atoms with Crippen LogP contribution in [-0.2, 0) is 16.6 Å². The first kappa shape index (κ1) is 17.0. The van der Waals surface area contributed by atoms with Gasteiger partial charge in [-0.3, -0.25) is 4.79 Å². The van der Waals surface area contributed by atoms with E-state index in [0.717, 1.165) is 44.6 Å².